The van der Waals surface area contributed by atoms with E-state index in [-0.39, 0.29) is 5.97 Å². The minimum absolute atomic E-state index is 0.325. The highest BCUT2D eigenvalue weighted by Crippen LogP contribution is 2.15. The Labute approximate surface area is 120 Å². The molecule has 0 aliphatic carbocycles. The summed E-state index contributed by atoms with van der Waals surface area (Å²) in [7, 11) is 0. The van der Waals surface area contributed by atoms with Gasteiger partial charge >= 0.3 is 5.97 Å². The molecule has 0 unspecified atom stereocenters. The number of ether oxygens (including phenoxy) is 1. The minimum atomic E-state index is -0.480. The number of carbonyl (C=O) groups is 1. The lowest BCUT2D eigenvalue weighted by molar-refractivity contribution is 0.00691. The van der Waals surface area contributed by atoms with Gasteiger partial charge in [0.25, 0.3) is 0 Å². The molecule has 0 amide bonds. The summed E-state index contributed by atoms with van der Waals surface area (Å²) < 4.78 is 5.33. The number of pyridine rings is 1. The summed E-state index contributed by atoms with van der Waals surface area (Å²) in [6.07, 6.45) is 2.71. The predicted molar refractivity (Wildman–Crippen MR) is 79.1 cm³/mol. The zero-order valence-corrected chi connectivity index (χ0v) is 12.5. The summed E-state index contributed by atoms with van der Waals surface area (Å²) in [5, 5.41) is 3.36. The van der Waals surface area contributed by atoms with Crippen molar-refractivity contribution < 1.29 is 9.53 Å². The molecule has 0 atom stereocenters. The summed E-state index contributed by atoms with van der Waals surface area (Å²) in [4.78, 5) is 18.5. The highest BCUT2D eigenvalue weighted by atomic mass is 16.6. The topological polar surface area (TPSA) is 54.5 Å². The van der Waals surface area contributed by atoms with E-state index in [2.05, 4.69) is 15.2 Å². The lowest BCUT2D eigenvalue weighted by Crippen LogP contribution is -2.28. The van der Waals surface area contributed by atoms with Gasteiger partial charge in [-0.3, -0.25) is 0 Å². The molecule has 0 aromatic carbocycles. The Balaban J connectivity index is 2.03. The maximum Gasteiger partial charge on any atom is 0.340 e. The van der Waals surface area contributed by atoms with Crippen LogP contribution in [0.3, 0.4) is 0 Å². The molecule has 1 aliphatic heterocycles. The fraction of sp³-hybridized carbons (Fsp3) is 0.600. The fourth-order valence-corrected chi connectivity index (χ4v) is 2.11. The van der Waals surface area contributed by atoms with Crippen LogP contribution in [0, 0.1) is 0 Å². The number of aromatic nitrogens is 1. The van der Waals surface area contributed by atoms with Crippen molar-refractivity contribution in [3.63, 3.8) is 0 Å². The summed E-state index contributed by atoms with van der Waals surface area (Å²) in [5.74, 6) is 0.593. The molecule has 1 aromatic heterocycles. The first kappa shape index (κ1) is 14.8. The van der Waals surface area contributed by atoms with Crippen molar-refractivity contribution >= 4 is 11.8 Å². The zero-order valence-electron chi connectivity index (χ0n) is 12.5. The molecule has 110 valence electrons. The van der Waals surface area contributed by atoms with Gasteiger partial charge in [0.2, 0.25) is 0 Å². The Kier molecular flexibility index (Phi) is 4.60. The first-order chi connectivity index (χ1) is 9.46. The third kappa shape index (κ3) is 4.20. The largest absolute Gasteiger partial charge is 0.456 e. The first-order valence-corrected chi connectivity index (χ1v) is 7.11. The van der Waals surface area contributed by atoms with Gasteiger partial charge < -0.3 is 15.0 Å². The quantitative estimate of drug-likeness (QED) is 0.836. The number of nitrogens with one attached hydrogen (secondary N) is 1. The van der Waals surface area contributed by atoms with Crippen LogP contribution in [0.15, 0.2) is 18.3 Å². The van der Waals surface area contributed by atoms with Gasteiger partial charge in [0, 0.05) is 25.8 Å². The molecule has 0 radical (unpaired) electrons. The average Bonchev–Trinajstić information content (AvgIpc) is 2.66. The van der Waals surface area contributed by atoms with Crippen LogP contribution in [-0.4, -0.2) is 42.7 Å². The van der Waals surface area contributed by atoms with E-state index in [0.717, 1.165) is 38.4 Å². The molecular weight excluding hydrogens is 254 g/mol. The van der Waals surface area contributed by atoms with Crippen molar-refractivity contribution in [2.75, 3.05) is 31.1 Å². The minimum Gasteiger partial charge on any atom is -0.456 e. The molecule has 0 saturated carbocycles. The third-order valence-electron chi connectivity index (χ3n) is 3.05. The Morgan fingerprint density at radius 1 is 1.30 bits per heavy atom. The fourth-order valence-electron chi connectivity index (χ4n) is 2.11. The lowest BCUT2D eigenvalue weighted by atomic mass is 10.2. The number of anilines is 1. The molecule has 5 heteroatoms. The lowest BCUT2D eigenvalue weighted by Gasteiger charge is -2.22. The van der Waals surface area contributed by atoms with Crippen molar-refractivity contribution in [2.45, 2.75) is 32.8 Å². The van der Waals surface area contributed by atoms with E-state index in [1.165, 1.54) is 0 Å². The molecule has 1 fully saturated rings. The Bertz CT molecular complexity index is 443. The molecular formula is C15H23N3O2. The van der Waals surface area contributed by atoms with E-state index >= 15 is 0 Å². The van der Waals surface area contributed by atoms with Crippen molar-refractivity contribution in [1.29, 1.82) is 0 Å². The van der Waals surface area contributed by atoms with E-state index in [1.807, 2.05) is 26.8 Å². The second-order valence-corrected chi connectivity index (χ2v) is 6.00. The van der Waals surface area contributed by atoms with Crippen molar-refractivity contribution in [3.05, 3.63) is 23.9 Å². The Morgan fingerprint density at radius 3 is 2.75 bits per heavy atom. The number of nitrogens with zero attached hydrogens (tertiary/aromatic N) is 2. The van der Waals surface area contributed by atoms with Crippen LogP contribution in [0.25, 0.3) is 0 Å². The van der Waals surface area contributed by atoms with Crippen molar-refractivity contribution in [2.24, 2.45) is 0 Å². The number of carbonyl (C=O) groups excluding carboxylic acids is 1. The molecule has 1 N–H and O–H groups in total. The monoisotopic (exact) mass is 277 g/mol. The van der Waals surface area contributed by atoms with Gasteiger partial charge in [-0.2, -0.15) is 0 Å². The highest BCUT2D eigenvalue weighted by Gasteiger charge is 2.18. The smallest absolute Gasteiger partial charge is 0.340 e. The van der Waals surface area contributed by atoms with Crippen LogP contribution < -0.4 is 10.2 Å². The maximum atomic E-state index is 11.9. The van der Waals surface area contributed by atoms with E-state index in [1.54, 1.807) is 12.3 Å². The first-order valence-electron chi connectivity index (χ1n) is 7.11. The van der Waals surface area contributed by atoms with Crippen LogP contribution in [0.1, 0.15) is 37.6 Å². The summed E-state index contributed by atoms with van der Waals surface area (Å²) in [6, 6.07) is 3.68. The van der Waals surface area contributed by atoms with Gasteiger partial charge in [-0.25, -0.2) is 9.78 Å². The van der Waals surface area contributed by atoms with E-state index < -0.39 is 5.60 Å². The van der Waals surface area contributed by atoms with E-state index in [9.17, 15) is 4.79 Å². The molecule has 2 rings (SSSR count). The average molecular weight is 277 g/mol. The maximum absolute atomic E-state index is 11.9. The van der Waals surface area contributed by atoms with Crippen LogP contribution in [0.4, 0.5) is 5.82 Å². The summed E-state index contributed by atoms with van der Waals surface area (Å²) in [5.41, 5.74) is 0.0169. The Hall–Kier alpha value is -1.62. The van der Waals surface area contributed by atoms with Gasteiger partial charge in [-0.05, 0) is 45.9 Å². The molecule has 2 heterocycles. The third-order valence-corrected chi connectivity index (χ3v) is 3.05. The van der Waals surface area contributed by atoms with Crippen LogP contribution >= 0.6 is 0 Å². The second kappa shape index (κ2) is 6.22. The number of rotatable bonds is 2. The van der Waals surface area contributed by atoms with Crippen LogP contribution in [0.2, 0.25) is 0 Å². The van der Waals surface area contributed by atoms with E-state index in [4.69, 9.17) is 4.74 Å². The van der Waals surface area contributed by atoms with Gasteiger partial charge in [-0.1, -0.05) is 0 Å². The predicted octanol–water partition coefficient (Wildman–Crippen LogP) is 1.84. The second-order valence-electron chi connectivity index (χ2n) is 6.00. The molecule has 1 saturated heterocycles. The van der Waals surface area contributed by atoms with Gasteiger partial charge in [-0.15, -0.1) is 0 Å². The van der Waals surface area contributed by atoms with Crippen molar-refractivity contribution in [1.82, 2.24) is 10.3 Å². The molecule has 1 aliphatic rings. The molecule has 20 heavy (non-hydrogen) atoms. The number of hydrogen-bond acceptors (Lipinski definition) is 5. The Morgan fingerprint density at radius 2 is 2.10 bits per heavy atom. The number of hydrogen-bond donors (Lipinski definition) is 1. The van der Waals surface area contributed by atoms with Gasteiger partial charge in [0.15, 0.2) is 0 Å². The molecule has 1 aromatic rings. The van der Waals surface area contributed by atoms with Crippen LogP contribution in [-0.2, 0) is 4.74 Å². The van der Waals surface area contributed by atoms with Gasteiger partial charge in [0.05, 0.1) is 5.56 Å². The normalized spacial score (nSPS) is 16.6. The summed E-state index contributed by atoms with van der Waals surface area (Å²) in [6.45, 7) is 9.53. The zero-order chi connectivity index (χ0) is 14.6. The highest BCUT2D eigenvalue weighted by molar-refractivity contribution is 5.89. The van der Waals surface area contributed by atoms with Crippen molar-refractivity contribution in [3.8, 4) is 0 Å². The standard InChI is InChI=1S/C15H23N3O2/c1-15(2,3)20-14(19)12-5-6-13(17-11-12)18-9-4-7-16-8-10-18/h5-6,11,16H,4,7-10H2,1-3H3. The SMILES string of the molecule is CC(C)(C)OC(=O)c1ccc(N2CCCNCC2)nc1. The number of esters is 1. The molecule has 0 bridgehead atoms. The summed E-state index contributed by atoms with van der Waals surface area (Å²) >= 11 is 0. The molecule has 5 nitrogen and oxygen atoms in total. The van der Waals surface area contributed by atoms with Gasteiger partial charge in [0.1, 0.15) is 11.4 Å². The van der Waals surface area contributed by atoms with Crippen LogP contribution in [0.5, 0.6) is 0 Å². The molecule has 0 spiro atoms. The van der Waals surface area contributed by atoms with E-state index in [0.29, 0.717) is 5.56 Å².